The number of halogens is 3. The highest BCUT2D eigenvalue weighted by Gasteiger charge is 2.23. The Bertz CT molecular complexity index is 1470. The number of rotatable bonds is 9. The number of ether oxygens (including phenoxy) is 1. The van der Waals surface area contributed by atoms with Crippen LogP contribution in [0.4, 0.5) is 10.3 Å². The number of methoxy groups -OCH3 is 1. The maximum Gasteiger partial charge on any atom is 0.255 e. The molecular weight excluding hydrogens is 542 g/mol. The van der Waals surface area contributed by atoms with Crippen molar-refractivity contribution in [2.75, 3.05) is 25.5 Å². The van der Waals surface area contributed by atoms with Crippen molar-refractivity contribution in [1.82, 2.24) is 14.5 Å². The molecule has 0 saturated carbocycles. The monoisotopic (exact) mass is 568 g/mol. The third kappa shape index (κ3) is 6.96. The van der Waals surface area contributed by atoms with Crippen LogP contribution >= 0.6 is 23.2 Å². The Balaban J connectivity index is 1.63. The van der Waals surface area contributed by atoms with Crippen LogP contribution in [0.25, 0.3) is 16.9 Å². The highest BCUT2D eigenvalue weighted by atomic mass is 35.5. The Hall–Kier alpha value is -3.88. The summed E-state index contributed by atoms with van der Waals surface area (Å²) in [4.78, 5) is 32.6. The van der Waals surface area contributed by atoms with Gasteiger partial charge in [0.2, 0.25) is 11.9 Å². The molecule has 0 aliphatic heterocycles. The van der Waals surface area contributed by atoms with E-state index in [-0.39, 0.29) is 40.7 Å². The second-order valence-corrected chi connectivity index (χ2v) is 10.1. The quantitative estimate of drug-likeness (QED) is 0.243. The molecule has 1 aromatic heterocycles. The van der Waals surface area contributed by atoms with Crippen LogP contribution in [0, 0.1) is 11.7 Å². The van der Waals surface area contributed by atoms with E-state index in [1.54, 1.807) is 54.3 Å². The van der Waals surface area contributed by atoms with E-state index in [0.29, 0.717) is 28.6 Å². The number of imidazole rings is 1. The number of nitrogens with zero attached hydrogens (tertiary/aromatic N) is 3. The lowest BCUT2D eigenvalue weighted by molar-refractivity contribution is -0.117. The van der Waals surface area contributed by atoms with Crippen LogP contribution in [0.5, 0.6) is 5.75 Å². The maximum absolute atomic E-state index is 13.5. The summed E-state index contributed by atoms with van der Waals surface area (Å²) in [7, 11) is 1.58. The van der Waals surface area contributed by atoms with E-state index >= 15 is 0 Å². The Morgan fingerprint density at radius 3 is 2.36 bits per heavy atom. The fraction of sp³-hybridized carbons (Fsp3) is 0.207. The Morgan fingerprint density at radius 1 is 1.05 bits per heavy atom. The van der Waals surface area contributed by atoms with Gasteiger partial charge in [-0.25, -0.2) is 9.37 Å². The third-order valence-corrected chi connectivity index (χ3v) is 6.36. The number of hydrogen-bond donors (Lipinski definition) is 1. The van der Waals surface area contributed by atoms with Crippen LogP contribution in [-0.2, 0) is 4.79 Å². The van der Waals surface area contributed by atoms with Crippen molar-refractivity contribution in [1.29, 1.82) is 0 Å². The first-order chi connectivity index (χ1) is 18.6. The molecule has 10 heteroatoms. The van der Waals surface area contributed by atoms with E-state index in [1.165, 1.54) is 23.1 Å². The lowest BCUT2D eigenvalue weighted by Gasteiger charge is -2.24. The molecule has 0 bridgehead atoms. The fourth-order valence-electron chi connectivity index (χ4n) is 4.00. The number of amides is 2. The van der Waals surface area contributed by atoms with Crippen molar-refractivity contribution < 1.29 is 18.7 Å². The molecule has 0 spiro atoms. The number of benzene rings is 3. The van der Waals surface area contributed by atoms with Gasteiger partial charge in [-0.05, 0) is 72.6 Å². The molecule has 0 atom stereocenters. The molecule has 4 rings (SSSR count). The van der Waals surface area contributed by atoms with Crippen LogP contribution in [0.3, 0.4) is 0 Å². The van der Waals surface area contributed by atoms with Gasteiger partial charge in [0.1, 0.15) is 18.1 Å². The van der Waals surface area contributed by atoms with Gasteiger partial charge >= 0.3 is 0 Å². The SMILES string of the molecule is COc1ccc(-n2cc(-c3ccc(F)cc3)nc2NC(=O)CN(CC(C)C)C(=O)c2ccc(Cl)cc2Cl)cc1. The number of carbonyl (C=O) groups excluding carboxylic acids is 2. The van der Waals surface area contributed by atoms with Crippen molar-refractivity contribution in [3.8, 4) is 22.7 Å². The van der Waals surface area contributed by atoms with Gasteiger partial charge in [-0.1, -0.05) is 37.0 Å². The number of aromatic nitrogens is 2. The van der Waals surface area contributed by atoms with Crippen LogP contribution in [0.15, 0.2) is 72.9 Å². The minimum Gasteiger partial charge on any atom is -0.497 e. The first-order valence-electron chi connectivity index (χ1n) is 12.2. The van der Waals surface area contributed by atoms with Gasteiger partial charge in [0.25, 0.3) is 5.91 Å². The summed E-state index contributed by atoms with van der Waals surface area (Å²) in [6, 6.07) is 17.8. The molecule has 202 valence electrons. The van der Waals surface area contributed by atoms with Crippen LogP contribution in [0.1, 0.15) is 24.2 Å². The third-order valence-electron chi connectivity index (χ3n) is 5.82. The van der Waals surface area contributed by atoms with Crippen LogP contribution in [0.2, 0.25) is 10.0 Å². The number of anilines is 1. The molecule has 39 heavy (non-hydrogen) atoms. The summed E-state index contributed by atoms with van der Waals surface area (Å²) >= 11 is 12.3. The van der Waals surface area contributed by atoms with Crippen molar-refractivity contribution in [2.24, 2.45) is 5.92 Å². The molecule has 0 radical (unpaired) electrons. The van der Waals surface area contributed by atoms with Crippen molar-refractivity contribution >= 4 is 41.0 Å². The topological polar surface area (TPSA) is 76.5 Å². The number of carbonyl (C=O) groups is 2. The molecule has 2 amide bonds. The van der Waals surface area contributed by atoms with Gasteiger partial charge < -0.3 is 9.64 Å². The zero-order valence-electron chi connectivity index (χ0n) is 21.6. The molecule has 0 aliphatic carbocycles. The predicted molar refractivity (Wildman–Crippen MR) is 151 cm³/mol. The summed E-state index contributed by atoms with van der Waals surface area (Å²) in [5.41, 5.74) is 2.18. The van der Waals surface area contributed by atoms with E-state index in [2.05, 4.69) is 10.3 Å². The highest BCUT2D eigenvalue weighted by Crippen LogP contribution is 2.26. The molecule has 0 unspecified atom stereocenters. The van der Waals surface area contributed by atoms with E-state index in [0.717, 1.165) is 5.69 Å². The first-order valence-corrected chi connectivity index (χ1v) is 12.9. The molecule has 0 fully saturated rings. The number of hydrogen-bond acceptors (Lipinski definition) is 4. The predicted octanol–water partition coefficient (Wildman–Crippen LogP) is 6.73. The van der Waals surface area contributed by atoms with Gasteiger partial charge in [-0.15, -0.1) is 0 Å². The molecule has 0 aliphatic rings. The van der Waals surface area contributed by atoms with Crippen molar-refractivity contribution in [3.05, 3.63) is 94.4 Å². The van der Waals surface area contributed by atoms with Crippen LogP contribution in [-0.4, -0.2) is 46.5 Å². The summed E-state index contributed by atoms with van der Waals surface area (Å²) < 4.78 is 20.5. The average Bonchev–Trinajstić information content (AvgIpc) is 3.31. The second-order valence-electron chi connectivity index (χ2n) is 9.28. The van der Waals surface area contributed by atoms with Crippen molar-refractivity contribution in [3.63, 3.8) is 0 Å². The Morgan fingerprint density at radius 2 is 1.74 bits per heavy atom. The Kier molecular flexibility index (Phi) is 8.89. The average molecular weight is 569 g/mol. The largest absolute Gasteiger partial charge is 0.497 e. The second kappa shape index (κ2) is 12.3. The number of nitrogens with one attached hydrogen (secondary N) is 1. The van der Waals surface area contributed by atoms with Gasteiger partial charge in [-0.2, -0.15) is 0 Å². The van der Waals surface area contributed by atoms with E-state index in [4.69, 9.17) is 27.9 Å². The molecule has 4 aromatic rings. The zero-order valence-corrected chi connectivity index (χ0v) is 23.1. The molecule has 0 saturated heterocycles. The molecule has 1 heterocycles. The summed E-state index contributed by atoms with van der Waals surface area (Å²) in [6.45, 7) is 4.01. The molecule has 7 nitrogen and oxygen atoms in total. The van der Waals surface area contributed by atoms with E-state index in [1.807, 2.05) is 26.0 Å². The smallest absolute Gasteiger partial charge is 0.255 e. The molecule has 3 aromatic carbocycles. The fourth-order valence-corrected chi connectivity index (χ4v) is 4.49. The highest BCUT2D eigenvalue weighted by molar-refractivity contribution is 6.36. The minimum absolute atomic E-state index is 0.0965. The van der Waals surface area contributed by atoms with Gasteiger partial charge in [0.05, 0.1) is 23.4 Å². The summed E-state index contributed by atoms with van der Waals surface area (Å²) in [6.07, 6.45) is 1.75. The van der Waals surface area contributed by atoms with Crippen LogP contribution < -0.4 is 10.1 Å². The van der Waals surface area contributed by atoms with Gasteiger partial charge in [0.15, 0.2) is 0 Å². The Labute approximate surface area is 236 Å². The standard InChI is InChI=1S/C29H27Cl2FN4O3/c1-18(2)15-35(28(38)24-13-6-20(30)14-25(24)31)17-27(37)34-29-33-26(19-4-7-21(32)8-5-19)16-36(29)22-9-11-23(39-3)12-10-22/h4-14,16,18H,15,17H2,1-3H3,(H,33,34,37). The van der Waals surface area contributed by atoms with E-state index in [9.17, 15) is 14.0 Å². The minimum atomic E-state index is -0.444. The zero-order chi connectivity index (χ0) is 28.1. The summed E-state index contributed by atoms with van der Waals surface area (Å²) in [5.74, 6) is -0.180. The molecular formula is C29H27Cl2FN4O3. The lowest BCUT2D eigenvalue weighted by atomic mass is 10.1. The van der Waals surface area contributed by atoms with Gasteiger partial charge in [-0.3, -0.25) is 19.5 Å². The lowest BCUT2D eigenvalue weighted by Crippen LogP contribution is -2.40. The van der Waals surface area contributed by atoms with Crippen molar-refractivity contribution in [2.45, 2.75) is 13.8 Å². The van der Waals surface area contributed by atoms with Gasteiger partial charge in [0, 0.05) is 29.0 Å². The molecule has 1 N–H and O–H groups in total. The van der Waals surface area contributed by atoms with E-state index < -0.39 is 5.91 Å². The summed E-state index contributed by atoms with van der Waals surface area (Å²) in [5, 5.41) is 3.45. The first kappa shape index (κ1) is 28.1. The maximum atomic E-state index is 13.5. The normalized spacial score (nSPS) is 10.9.